The van der Waals surface area contributed by atoms with E-state index in [-0.39, 0.29) is 12.4 Å². The molecule has 0 aliphatic rings. The minimum Gasteiger partial charge on any atom is -0.486 e. The molecule has 0 radical (unpaired) electrons. The van der Waals surface area contributed by atoms with Crippen LogP contribution in [0.2, 0.25) is 5.02 Å². The summed E-state index contributed by atoms with van der Waals surface area (Å²) in [5, 5.41) is 0.693. The maximum Gasteiger partial charge on any atom is 0.373 e. The van der Waals surface area contributed by atoms with E-state index < -0.39 is 5.97 Å². The third kappa shape index (κ3) is 3.29. The van der Waals surface area contributed by atoms with Gasteiger partial charge < -0.3 is 13.9 Å². The van der Waals surface area contributed by atoms with Crippen molar-refractivity contribution in [1.29, 1.82) is 0 Å². The van der Waals surface area contributed by atoms with E-state index in [1.54, 1.807) is 24.3 Å². The first kappa shape index (κ1) is 13.5. The van der Waals surface area contributed by atoms with E-state index in [0.29, 0.717) is 16.5 Å². The summed E-state index contributed by atoms with van der Waals surface area (Å²) < 4.78 is 15.4. The van der Waals surface area contributed by atoms with Crippen LogP contribution in [0.25, 0.3) is 0 Å². The third-order valence-electron chi connectivity index (χ3n) is 2.56. The van der Waals surface area contributed by atoms with Gasteiger partial charge in [0.05, 0.1) is 7.11 Å². The van der Waals surface area contributed by atoms with Crippen LogP contribution in [-0.2, 0) is 11.3 Å². The number of halogens is 1. The van der Waals surface area contributed by atoms with Gasteiger partial charge >= 0.3 is 5.97 Å². The van der Waals surface area contributed by atoms with Crippen LogP contribution >= 0.6 is 11.6 Å². The smallest absolute Gasteiger partial charge is 0.373 e. The Bertz CT molecular complexity index is 589. The zero-order valence-corrected chi connectivity index (χ0v) is 11.4. The van der Waals surface area contributed by atoms with Gasteiger partial charge in [0.15, 0.2) is 0 Å². The Labute approximate surface area is 115 Å². The molecule has 19 heavy (non-hydrogen) atoms. The van der Waals surface area contributed by atoms with Crippen molar-refractivity contribution in [3.63, 3.8) is 0 Å². The summed E-state index contributed by atoms with van der Waals surface area (Å²) in [5.41, 5.74) is 0.939. The molecule has 0 atom stereocenters. The molecule has 0 saturated carbocycles. The minimum absolute atomic E-state index is 0.161. The normalized spacial score (nSPS) is 10.3. The van der Waals surface area contributed by atoms with E-state index in [9.17, 15) is 4.79 Å². The predicted octanol–water partition coefficient (Wildman–Crippen LogP) is 3.61. The van der Waals surface area contributed by atoms with Gasteiger partial charge in [0, 0.05) is 5.02 Å². The van der Waals surface area contributed by atoms with Gasteiger partial charge in [-0.2, -0.15) is 0 Å². The van der Waals surface area contributed by atoms with Crippen LogP contribution in [0.15, 0.2) is 34.7 Å². The van der Waals surface area contributed by atoms with Gasteiger partial charge in [-0.1, -0.05) is 11.6 Å². The summed E-state index contributed by atoms with van der Waals surface area (Å²) in [6.07, 6.45) is 0. The van der Waals surface area contributed by atoms with Crippen molar-refractivity contribution >= 4 is 17.6 Å². The van der Waals surface area contributed by atoms with Gasteiger partial charge in [0.2, 0.25) is 5.76 Å². The molecule has 0 unspecified atom stereocenters. The highest BCUT2D eigenvalue weighted by atomic mass is 35.5. The number of esters is 1. The van der Waals surface area contributed by atoms with Gasteiger partial charge in [-0.15, -0.1) is 0 Å². The SMILES string of the molecule is COC(=O)c1ccc(COc2ccc(Cl)c(C)c2)o1. The fourth-order valence-electron chi connectivity index (χ4n) is 1.53. The molecule has 5 heteroatoms. The maximum absolute atomic E-state index is 11.2. The first-order chi connectivity index (χ1) is 9.10. The van der Waals surface area contributed by atoms with Crippen molar-refractivity contribution < 1.29 is 18.7 Å². The lowest BCUT2D eigenvalue weighted by Gasteiger charge is -2.06. The Balaban J connectivity index is 2.00. The molecule has 2 rings (SSSR count). The van der Waals surface area contributed by atoms with Crippen LogP contribution in [0.3, 0.4) is 0 Å². The van der Waals surface area contributed by atoms with Crippen LogP contribution in [0, 0.1) is 6.92 Å². The Morgan fingerprint density at radius 1 is 1.32 bits per heavy atom. The lowest BCUT2D eigenvalue weighted by molar-refractivity contribution is 0.0561. The zero-order valence-electron chi connectivity index (χ0n) is 10.6. The summed E-state index contributed by atoms with van der Waals surface area (Å²) in [7, 11) is 1.30. The summed E-state index contributed by atoms with van der Waals surface area (Å²) >= 11 is 5.93. The standard InChI is InChI=1S/C14H13ClO4/c1-9-7-10(3-5-12(9)15)18-8-11-4-6-13(19-11)14(16)17-2/h3-7H,8H2,1-2H3. The van der Waals surface area contributed by atoms with E-state index in [0.717, 1.165) is 5.56 Å². The molecule has 2 aromatic rings. The van der Waals surface area contributed by atoms with Crippen molar-refractivity contribution in [3.8, 4) is 5.75 Å². The second kappa shape index (κ2) is 5.80. The molecule has 0 saturated heterocycles. The second-order valence-corrected chi connectivity index (χ2v) is 4.36. The van der Waals surface area contributed by atoms with Crippen molar-refractivity contribution in [2.75, 3.05) is 7.11 Å². The molecule has 100 valence electrons. The third-order valence-corrected chi connectivity index (χ3v) is 2.98. The monoisotopic (exact) mass is 280 g/mol. The fourth-order valence-corrected chi connectivity index (χ4v) is 1.64. The summed E-state index contributed by atoms with van der Waals surface area (Å²) in [5.74, 6) is 0.896. The molecule has 0 N–H and O–H groups in total. The maximum atomic E-state index is 11.2. The van der Waals surface area contributed by atoms with Crippen LogP contribution in [-0.4, -0.2) is 13.1 Å². The number of ether oxygens (including phenoxy) is 2. The van der Waals surface area contributed by atoms with Gasteiger partial charge in [-0.3, -0.25) is 0 Å². The summed E-state index contributed by atoms with van der Waals surface area (Å²) in [6, 6.07) is 8.62. The average molecular weight is 281 g/mol. The highest BCUT2D eigenvalue weighted by Crippen LogP contribution is 2.22. The number of furan rings is 1. The average Bonchev–Trinajstić information content (AvgIpc) is 2.88. The van der Waals surface area contributed by atoms with Gasteiger partial charge in [0.25, 0.3) is 0 Å². The molecule has 1 aromatic carbocycles. The van der Waals surface area contributed by atoms with E-state index >= 15 is 0 Å². The molecule has 0 spiro atoms. The Kier molecular flexibility index (Phi) is 4.12. The van der Waals surface area contributed by atoms with Crippen molar-refractivity contribution in [1.82, 2.24) is 0 Å². The van der Waals surface area contributed by atoms with E-state index in [4.69, 9.17) is 20.8 Å². The minimum atomic E-state index is -0.506. The summed E-state index contributed by atoms with van der Waals surface area (Å²) in [6.45, 7) is 2.13. The second-order valence-electron chi connectivity index (χ2n) is 3.96. The highest BCUT2D eigenvalue weighted by Gasteiger charge is 2.11. The first-order valence-electron chi connectivity index (χ1n) is 5.66. The molecule has 0 bridgehead atoms. The molecule has 0 aliphatic heterocycles. The van der Waals surface area contributed by atoms with Crippen LogP contribution in [0.4, 0.5) is 0 Å². The fraction of sp³-hybridized carbons (Fsp3) is 0.214. The molecular weight excluding hydrogens is 268 g/mol. The Morgan fingerprint density at radius 2 is 2.11 bits per heavy atom. The van der Waals surface area contributed by atoms with Crippen LogP contribution in [0.1, 0.15) is 21.9 Å². The summed E-state index contributed by atoms with van der Waals surface area (Å²) in [4.78, 5) is 11.2. The molecule has 1 aromatic heterocycles. The van der Waals surface area contributed by atoms with Crippen LogP contribution < -0.4 is 4.74 Å². The molecule has 1 heterocycles. The molecule has 0 amide bonds. The molecule has 0 aliphatic carbocycles. The number of aryl methyl sites for hydroxylation is 1. The van der Waals surface area contributed by atoms with Crippen molar-refractivity contribution in [3.05, 3.63) is 52.4 Å². The lowest BCUT2D eigenvalue weighted by Crippen LogP contribution is -1.99. The van der Waals surface area contributed by atoms with E-state index in [1.165, 1.54) is 7.11 Å². The number of hydrogen-bond donors (Lipinski definition) is 0. The zero-order chi connectivity index (χ0) is 13.8. The molecular formula is C14H13ClO4. The van der Waals surface area contributed by atoms with Gasteiger partial charge in [0.1, 0.15) is 18.1 Å². The lowest BCUT2D eigenvalue weighted by atomic mass is 10.2. The van der Waals surface area contributed by atoms with Crippen molar-refractivity contribution in [2.24, 2.45) is 0 Å². The number of carbonyl (C=O) groups excluding carboxylic acids is 1. The van der Waals surface area contributed by atoms with E-state index in [1.807, 2.05) is 13.0 Å². The Hall–Kier alpha value is -1.94. The number of hydrogen-bond acceptors (Lipinski definition) is 4. The number of rotatable bonds is 4. The molecule has 0 fully saturated rings. The predicted molar refractivity (Wildman–Crippen MR) is 70.6 cm³/mol. The quantitative estimate of drug-likeness (QED) is 0.803. The largest absolute Gasteiger partial charge is 0.486 e. The van der Waals surface area contributed by atoms with Crippen molar-refractivity contribution in [2.45, 2.75) is 13.5 Å². The highest BCUT2D eigenvalue weighted by molar-refractivity contribution is 6.31. The number of carbonyl (C=O) groups is 1. The van der Waals surface area contributed by atoms with Gasteiger partial charge in [-0.05, 0) is 42.8 Å². The topological polar surface area (TPSA) is 48.7 Å². The van der Waals surface area contributed by atoms with Gasteiger partial charge in [-0.25, -0.2) is 4.79 Å². The first-order valence-corrected chi connectivity index (χ1v) is 6.04. The van der Waals surface area contributed by atoms with E-state index in [2.05, 4.69) is 4.74 Å². The number of methoxy groups -OCH3 is 1. The van der Waals surface area contributed by atoms with Crippen LogP contribution in [0.5, 0.6) is 5.75 Å². The number of benzene rings is 1. The molecule has 4 nitrogen and oxygen atoms in total. The Morgan fingerprint density at radius 3 is 2.79 bits per heavy atom.